The van der Waals surface area contributed by atoms with Gasteiger partial charge in [-0.1, -0.05) is 30.3 Å². The molecule has 0 spiro atoms. The van der Waals surface area contributed by atoms with Crippen LogP contribution >= 0.6 is 0 Å². The molecule has 1 aromatic rings. The van der Waals surface area contributed by atoms with E-state index in [2.05, 4.69) is 17.4 Å². The number of carbonyl (C=O) groups is 2. The summed E-state index contributed by atoms with van der Waals surface area (Å²) in [6.45, 7) is 8.19. The maximum absolute atomic E-state index is 15.3. The summed E-state index contributed by atoms with van der Waals surface area (Å²) in [5.74, 6) is 0.703. The van der Waals surface area contributed by atoms with Gasteiger partial charge in [-0.25, -0.2) is 14.0 Å². The highest BCUT2D eigenvalue weighted by Gasteiger charge is 2.42. The summed E-state index contributed by atoms with van der Waals surface area (Å²) in [7, 11) is 0. The van der Waals surface area contributed by atoms with Crippen LogP contribution in [0.4, 0.5) is 14.0 Å². The van der Waals surface area contributed by atoms with Gasteiger partial charge in [-0.15, -0.1) is 0 Å². The highest BCUT2D eigenvalue weighted by atomic mass is 19.1. The molecule has 2 heterocycles. The van der Waals surface area contributed by atoms with Crippen molar-refractivity contribution in [3.63, 3.8) is 0 Å². The fourth-order valence-electron chi connectivity index (χ4n) is 4.96. The Balaban J connectivity index is 1.11. The van der Waals surface area contributed by atoms with E-state index in [0.29, 0.717) is 64.1 Å². The molecular formula is C27H40FN3O4. The number of amides is 2. The maximum atomic E-state index is 15.3. The maximum Gasteiger partial charge on any atom is 0.410 e. The average molecular weight is 490 g/mol. The number of likely N-dealkylation sites (tertiary alicyclic amines) is 2. The number of piperidine rings is 2. The summed E-state index contributed by atoms with van der Waals surface area (Å²) in [6, 6.07) is 10.7. The normalized spacial score (nSPS) is 24.7. The Morgan fingerprint density at radius 3 is 2.29 bits per heavy atom. The van der Waals surface area contributed by atoms with Gasteiger partial charge in [-0.05, 0) is 51.5 Å². The first kappa shape index (κ1) is 25.7. The molecule has 3 aliphatic rings. The van der Waals surface area contributed by atoms with Gasteiger partial charge in [0.15, 0.2) is 0 Å². The molecular weight excluding hydrogens is 449 g/mol. The fraction of sp³-hybridized carbons (Fsp3) is 0.704. The van der Waals surface area contributed by atoms with E-state index >= 15 is 4.39 Å². The minimum absolute atomic E-state index is 0.225. The van der Waals surface area contributed by atoms with Crippen LogP contribution in [0, 0.1) is 5.92 Å². The molecule has 194 valence electrons. The number of alkyl halides is 1. The predicted molar refractivity (Wildman–Crippen MR) is 132 cm³/mol. The average Bonchev–Trinajstić information content (AvgIpc) is 3.62. The van der Waals surface area contributed by atoms with Crippen molar-refractivity contribution in [2.75, 3.05) is 39.3 Å². The van der Waals surface area contributed by atoms with Crippen LogP contribution in [0.3, 0.4) is 0 Å². The van der Waals surface area contributed by atoms with Crippen LogP contribution in [0.5, 0.6) is 0 Å². The Kier molecular flexibility index (Phi) is 7.89. The second-order valence-electron chi connectivity index (χ2n) is 11.4. The molecule has 2 saturated heterocycles. The van der Waals surface area contributed by atoms with Gasteiger partial charge in [-0.3, -0.25) is 0 Å². The summed E-state index contributed by atoms with van der Waals surface area (Å²) >= 11 is 0. The van der Waals surface area contributed by atoms with Crippen molar-refractivity contribution < 1.29 is 23.5 Å². The Labute approximate surface area is 208 Å². The second kappa shape index (κ2) is 10.7. The van der Waals surface area contributed by atoms with Crippen LogP contribution in [0.2, 0.25) is 0 Å². The zero-order valence-electron chi connectivity index (χ0n) is 21.3. The number of nitrogens with zero attached hydrogens (tertiary/aromatic N) is 2. The largest absolute Gasteiger partial charge is 0.449 e. The lowest BCUT2D eigenvalue weighted by atomic mass is 9.93. The van der Waals surface area contributed by atoms with E-state index in [-0.39, 0.29) is 18.1 Å². The topological polar surface area (TPSA) is 71.1 Å². The summed E-state index contributed by atoms with van der Waals surface area (Å²) in [6.07, 6.45) is 2.60. The Bertz CT molecular complexity index is 859. The zero-order chi connectivity index (χ0) is 25.1. The van der Waals surface area contributed by atoms with E-state index in [4.69, 9.17) is 9.47 Å². The molecule has 1 aliphatic carbocycles. The molecule has 0 aromatic heterocycles. The Morgan fingerprint density at radius 2 is 1.66 bits per heavy atom. The molecule has 8 heteroatoms. The zero-order valence-corrected chi connectivity index (χ0v) is 21.3. The van der Waals surface area contributed by atoms with Crippen molar-refractivity contribution in [3.8, 4) is 0 Å². The summed E-state index contributed by atoms with van der Waals surface area (Å²) < 4.78 is 26.3. The molecule has 0 bridgehead atoms. The number of hydrogen-bond donors (Lipinski definition) is 1. The van der Waals surface area contributed by atoms with Gasteiger partial charge in [0.05, 0.1) is 6.61 Å². The van der Waals surface area contributed by atoms with Crippen LogP contribution < -0.4 is 5.32 Å². The highest BCUT2D eigenvalue weighted by Crippen LogP contribution is 2.41. The van der Waals surface area contributed by atoms with Crippen molar-refractivity contribution in [1.82, 2.24) is 15.1 Å². The van der Waals surface area contributed by atoms with Crippen LogP contribution in [0.15, 0.2) is 30.3 Å². The molecule has 2 aliphatic heterocycles. The number of ether oxygens (including phenoxy) is 2. The molecule has 0 radical (unpaired) electrons. The molecule has 7 nitrogen and oxygen atoms in total. The second-order valence-corrected chi connectivity index (χ2v) is 11.4. The quantitative estimate of drug-likeness (QED) is 0.626. The van der Waals surface area contributed by atoms with Crippen molar-refractivity contribution in [3.05, 3.63) is 35.9 Å². The van der Waals surface area contributed by atoms with Crippen molar-refractivity contribution >= 4 is 12.2 Å². The van der Waals surface area contributed by atoms with Crippen LogP contribution in [0.1, 0.15) is 64.4 Å². The van der Waals surface area contributed by atoms with Crippen LogP contribution in [-0.2, 0) is 9.47 Å². The first-order valence-corrected chi connectivity index (χ1v) is 13.0. The number of nitrogens with one attached hydrogen (secondary N) is 1. The molecule has 1 aromatic carbocycles. The van der Waals surface area contributed by atoms with Crippen molar-refractivity contribution in [2.24, 2.45) is 5.92 Å². The third-order valence-corrected chi connectivity index (χ3v) is 7.33. The lowest BCUT2D eigenvalue weighted by Gasteiger charge is -2.36. The summed E-state index contributed by atoms with van der Waals surface area (Å²) in [5, 5.41) is 3.40. The third kappa shape index (κ3) is 7.32. The summed E-state index contributed by atoms with van der Waals surface area (Å²) in [4.78, 5) is 28.1. The lowest BCUT2D eigenvalue weighted by Crippen LogP contribution is -2.49. The molecule has 0 unspecified atom stereocenters. The van der Waals surface area contributed by atoms with Gasteiger partial charge >= 0.3 is 12.2 Å². The van der Waals surface area contributed by atoms with E-state index in [1.807, 2.05) is 39.0 Å². The molecule has 4 rings (SSSR count). The lowest BCUT2D eigenvalue weighted by molar-refractivity contribution is 0.0108. The number of carbonyl (C=O) groups excluding carboxylic acids is 2. The Morgan fingerprint density at radius 1 is 1.03 bits per heavy atom. The van der Waals surface area contributed by atoms with Gasteiger partial charge in [0.2, 0.25) is 0 Å². The van der Waals surface area contributed by atoms with Crippen molar-refractivity contribution in [1.29, 1.82) is 0 Å². The van der Waals surface area contributed by atoms with E-state index in [1.54, 1.807) is 9.80 Å². The molecule has 2 amide bonds. The first-order valence-electron chi connectivity index (χ1n) is 13.0. The summed E-state index contributed by atoms with van der Waals surface area (Å²) in [5.41, 5.74) is -0.478. The van der Waals surface area contributed by atoms with Gasteiger partial charge in [-0.2, -0.15) is 0 Å². The van der Waals surface area contributed by atoms with E-state index in [0.717, 1.165) is 19.3 Å². The third-order valence-electron chi connectivity index (χ3n) is 7.33. The predicted octanol–water partition coefficient (Wildman–Crippen LogP) is 4.72. The van der Waals surface area contributed by atoms with Gasteiger partial charge in [0.25, 0.3) is 0 Å². The molecule has 3 fully saturated rings. The van der Waals surface area contributed by atoms with E-state index in [9.17, 15) is 9.59 Å². The monoisotopic (exact) mass is 489 g/mol. The number of benzene rings is 1. The number of hydrogen-bond acceptors (Lipinski definition) is 5. The van der Waals surface area contributed by atoms with Crippen molar-refractivity contribution in [2.45, 2.75) is 76.1 Å². The van der Waals surface area contributed by atoms with Crippen LogP contribution in [0.25, 0.3) is 0 Å². The highest BCUT2D eigenvalue weighted by molar-refractivity contribution is 5.68. The van der Waals surface area contributed by atoms with Crippen LogP contribution in [-0.4, -0.2) is 78.6 Å². The molecule has 35 heavy (non-hydrogen) atoms. The molecule has 1 saturated carbocycles. The number of rotatable bonds is 6. The standard InChI is InChI=1S/C27H40FN3O4/c1-26(2,3)35-25(33)30-13-9-20(10-14-30)18-34-24(32)31-15-11-27(28,12-16-31)19-29-23-17-22(23)21-7-5-4-6-8-21/h4-8,20,22-23,29H,9-19H2,1-3H3/t22-,23+/m0/s1. The molecule has 1 N–H and O–H groups in total. The Hall–Kier alpha value is -2.35. The fourth-order valence-corrected chi connectivity index (χ4v) is 4.96. The number of halogens is 1. The molecule has 2 atom stereocenters. The first-order chi connectivity index (χ1) is 16.6. The van der Waals surface area contributed by atoms with Gasteiger partial charge in [0, 0.05) is 57.5 Å². The van der Waals surface area contributed by atoms with E-state index < -0.39 is 11.3 Å². The minimum Gasteiger partial charge on any atom is -0.449 e. The SMILES string of the molecule is CC(C)(C)OC(=O)N1CCC(COC(=O)N2CCC(F)(CN[C@@H]3C[C@H]3c3ccccc3)CC2)CC1. The van der Waals surface area contributed by atoms with E-state index in [1.165, 1.54) is 5.56 Å². The van der Waals surface area contributed by atoms with Gasteiger partial charge < -0.3 is 24.6 Å². The van der Waals surface area contributed by atoms with Gasteiger partial charge in [0.1, 0.15) is 11.3 Å². The minimum atomic E-state index is -1.28. The smallest absolute Gasteiger partial charge is 0.410 e.